The topological polar surface area (TPSA) is 59.0 Å². The second kappa shape index (κ2) is 13.1. The number of carbonyl (C=O) groups is 1. The van der Waals surface area contributed by atoms with E-state index in [0.29, 0.717) is 19.6 Å². The van der Waals surface area contributed by atoms with Gasteiger partial charge in [-0.15, -0.1) is 0 Å². The lowest BCUT2D eigenvalue weighted by atomic mass is 9.91. The smallest absolute Gasteiger partial charge is 0.333 e. The van der Waals surface area contributed by atoms with Gasteiger partial charge >= 0.3 is 5.97 Å². The molecule has 1 aliphatic carbocycles. The van der Waals surface area contributed by atoms with Gasteiger partial charge in [0, 0.05) is 19.6 Å². The predicted octanol–water partition coefficient (Wildman–Crippen LogP) is 6.18. The van der Waals surface area contributed by atoms with Crippen molar-refractivity contribution in [3.63, 3.8) is 0 Å². The average Bonchev–Trinajstić information content (AvgIpc) is 3.05. The third kappa shape index (κ3) is 6.83. The molecule has 0 fully saturated rings. The Bertz CT molecular complexity index is 1220. The van der Waals surface area contributed by atoms with Gasteiger partial charge < -0.3 is 14.6 Å². The molecule has 202 valence electrons. The summed E-state index contributed by atoms with van der Waals surface area (Å²) in [7, 11) is 2.19. The van der Waals surface area contributed by atoms with Crippen LogP contribution in [0.4, 0.5) is 0 Å². The molecule has 0 radical (unpaired) electrons. The molecule has 0 aliphatic heterocycles. The molecular formula is C33H41NO4. The summed E-state index contributed by atoms with van der Waals surface area (Å²) in [6.07, 6.45) is 3.93. The zero-order valence-corrected chi connectivity index (χ0v) is 23.2. The number of likely N-dealkylation sites (N-methyl/N-ethyl adjacent to an activating group) is 1. The lowest BCUT2D eigenvalue weighted by Gasteiger charge is -2.30. The number of ether oxygens (including phenoxy) is 2. The minimum Gasteiger partial charge on any atom is -0.492 e. The number of hydrogen-bond donors (Lipinski definition) is 1. The fraction of sp³-hybridized carbons (Fsp3) is 0.424. The number of fused-ring (bicyclic) bond motifs is 2. The molecule has 0 heterocycles. The van der Waals surface area contributed by atoms with Gasteiger partial charge in [-0.05, 0) is 85.7 Å². The van der Waals surface area contributed by atoms with Crippen LogP contribution in [0.15, 0.2) is 60.7 Å². The number of aryl methyl sites for hydroxylation is 4. The van der Waals surface area contributed by atoms with E-state index in [4.69, 9.17) is 9.47 Å². The maximum absolute atomic E-state index is 11.4. The molecule has 5 nitrogen and oxygen atoms in total. The molecule has 3 aromatic carbocycles. The van der Waals surface area contributed by atoms with Gasteiger partial charge in [-0.1, -0.05) is 67.4 Å². The lowest BCUT2D eigenvalue weighted by molar-refractivity contribution is -0.149. The van der Waals surface area contributed by atoms with E-state index in [1.807, 2.05) is 24.3 Å². The Morgan fingerprint density at radius 1 is 0.974 bits per heavy atom. The van der Waals surface area contributed by atoms with Crippen LogP contribution in [0.1, 0.15) is 65.3 Å². The summed E-state index contributed by atoms with van der Waals surface area (Å²) in [6, 6.07) is 21.8. The Labute approximate surface area is 227 Å². The standard InChI is InChI=1S/C33H41NO4/c1-5-7-24-11-17-30-27(21-24)13-12-26-20-23(3)8-16-29(26)32(30)34(4)18-19-38-28-14-9-25(10-15-28)22-31(33(35)36)37-6-2/h8-11,14-17,20-21,31-32H,5-7,12-13,18-19,22H2,1-4H3,(H,35,36). The second-order valence-electron chi connectivity index (χ2n) is 10.3. The molecule has 0 bridgehead atoms. The second-order valence-corrected chi connectivity index (χ2v) is 10.3. The molecule has 0 amide bonds. The van der Waals surface area contributed by atoms with E-state index in [1.54, 1.807) is 6.92 Å². The first kappa shape index (κ1) is 27.9. The van der Waals surface area contributed by atoms with E-state index < -0.39 is 12.1 Å². The first-order valence-electron chi connectivity index (χ1n) is 13.9. The lowest BCUT2D eigenvalue weighted by Crippen LogP contribution is -2.30. The number of carboxylic acid groups (broad SMARTS) is 1. The van der Waals surface area contributed by atoms with Crippen LogP contribution >= 0.6 is 0 Å². The van der Waals surface area contributed by atoms with Crippen LogP contribution in [0.3, 0.4) is 0 Å². The van der Waals surface area contributed by atoms with Crippen molar-refractivity contribution in [3.8, 4) is 5.75 Å². The van der Waals surface area contributed by atoms with Crippen molar-refractivity contribution in [2.75, 3.05) is 26.8 Å². The summed E-state index contributed by atoms with van der Waals surface area (Å²) in [5.41, 5.74) is 9.36. The van der Waals surface area contributed by atoms with Crippen LogP contribution in [0.5, 0.6) is 5.75 Å². The van der Waals surface area contributed by atoms with Crippen molar-refractivity contribution in [2.24, 2.45) is 0 Å². The molecule has 5 heteroatoms. The van der Waals surface area contributed by atoms with Crippen LogP contribution in [-0.4, -0.2) is 48.9 Å². The van der Waals surface area contributed by atoms with Gasteiger partial charge in [-0.2, -0.15) is 0 Å². The summed E-state index contributed by atoms with van der Waals surface area (Å²) in [4.78, 5) is 13.8. The summed E-state index contributed by atoms with van der Waals surface area (Å²) >= 11 is 0. The highest BCUT2D eigenvalue weighted by Crippen LogP contribution is 2.37. The van der Waals surface area contributed by atoms with Crippen molar-refractivity contribution in [3.05, 3.63) is 99.6 Å². The van der Waals surface area contributed by atoms with Gasteiger partial charge in [-0.3, -0.25) is 4.90 Å². The van der Waals surface area contributed by atoms with E-state index >= 15 is 0 Å². The first-order valence-corrected chi connectivity index (χ1v) is 13.9. The van der Waals surface area contributed by atoms with Gasteiger partial charge in [0.05, 0.1) is 6.04 Å². The quantitative estimate of drug-likeness (QED) is 0.312. The van der Waals surface area contributed by atoms with Gasteiger partial charge in [0.15, 0.2) is 6.10 Å². The molecule has 2 unspecified atom stereocenters. The highest BCUT2D eigenvalue weighted by molar-refractivity contribution is 5.72. The number of carboxylic acids is 1. The molecule has 0 aromatic heterocycles. The number of rotatable bonds is 12. The van der Waals surface area contributed by atoms with Crippen molar-refractivity contribution in [1.82, 2.24) is 4.90 Å². The molecule has 3 aromatic rings. The predicted molar refractivity (Wildman–Crippen MR) is 152 cm³/mol. The molecule has 0 saturated carbocycles. The van der Waals surface area contributed by atoms with Gasteiger partial charge in [-0.25, -0.2) is 4.79 Å². The highest BCUT2D eigenvalue weighted by Gasteiger charge is 2.27. The van der Waals surface area contributed by atoms with Crippen LogP contribution in [0, 0.1) is 6.92 Å². The largest absolute Gasteiger partial charge is 0.492 e. The maximum atomic E-state index is 11.4. The van der Waals surface area contributed by atoms with Gasteiger partial charge in [0.1, 0.15) is 12.4 Å². The minimum absolute atomic E-state index is 0.191. The van der Waals surface area contributed by atoms with E-state index in [9.17, 15) is 9.90 Å². The molecule has 2 atom stereocenters. The summed E-state index contributed by atoms with van der Waals surface area (Å²) in [5.74, 6) is -0.152. The Hall–Kier alpha value is -3.15. The van der Waals surface area contributed by atoms with Crippen molar-refractivity contribution in [1.29, 1.82) is 0 Å². The van der Waals surface area contributed by atoms with Gasteiger partial charge in [0.25, 0.3) is 0 Å². The van der Waals surface area contributed by atoms with Crippen molar-refractivity contribution >= 4 is 5.97 Å². The van der Waals surface area contributed by atoms with E-state index in [-0.39, 0.29) is 6.04 Å². The summed E-state index contributed by atoms with van der Waals surface area (Å²) < 4.78 is 11.4. The summed E-state index contributed by atoms with van der Waals surface area (Å²) in [6.45, 7) is 7.94. The SMILES string of the molecule is CCCc1ccc2c(c1)CCc1cc(C)ccc1C2N(C)CCOc1ccc(CC(OCC)C(=O)O)cc1. The zero-order chi connectivity index (χ0) is 27.1. The third-order valence-electron chi connectivity index (χ3n) is 7.44. The molecule has 0 saturated heterocycles. The molecule has 1 N–H and O–H groups in total. The fourth-order valence-corrected chi connectivity index (χ4v) is 5.51. The Morgan fingerprint density at radius 2 is 1.63 bits per heavy atom. The number of aliphatic carboxylic acids is 1. The summed E-state index contributed by atoms with van der Waals surface area (Å²) in [5, 5.41) is 9.33. The van der Waals surface area contributed by atoms with Crippen LogP contribution < -0.4 is 4.74 Å². The van der Waals surface area contributed by atoms with Crippen LogP contribution in [0.25, 0.3) is 0 Å². The zero-order valence-electron chi connectivity index (χ0n) is 23.2. The normalized spacial score (nSPS) is 15.4. The van der Waals surface area contributed by atoms with Gasteiger partial charge in [0.2, 0.25) is 0 Å². The molecule has 1 aliphatic rings. The van der Waals surface area contributed by atoms with E-state index in [0.717, 1.165) is 43.5 Å². The van der Waals surface area contributed by atoms with Crippen molar-refractivity contribution < 1.29 is 19.4 Å². The van der Waals surface area contributed by atoms with Crippen molar-refractivity contribution in [2.45, 2.75) is 65.0 Å². The minimum atomic E-state index is -0.936. The number of hydrogen-bond acceptors (Lipinski definition) is 4. The van der Waals surface area contributed by atoms with E-state index in [1.165, 1.54) is 33.4 Å². The monoisotopic (exact) mass is 515 g/mol. The Kier molecular flexibility index (Phi) is 9.59. The molecular weight excluding hydrogens is 474 g/mol. The average molecular weight is 516 g/mol. The number of nitrogens with zero attached hydrogens (tertiary/aromatic N) is 1. The van der Waals surface area contributed by atoms with E-state index in [2.05, 4.69) is 62.2 Å². The Morgan fingerprint density at radius 3 is 2.29 bits per heavy atom. The van der Waals surface area contributed by atoms with Crippen LogP contribution in [-0.2, 0) is 35.2 Å². The third-order valence-corrected chi connectivity index (χ3v) is 7.44. The maximum Gasteiger partial charge on any atom is 0.333 e. The van der Waals surface area contributed by atoms with Crippen LogP contribution in [0.2, 0.25) is 0 Å². The first-order chi connectivity index (χ1) is 18.4. The number of benzene rings is 3. The molecule has 4 rings (SSSR count). The Balaban J connectivity index is 1.46. The highest BCUT2D eigenvalue weighted by atomic mass is 16.5. The molecule has 0 spiro atoms. The molecule has 38 heavy (non-hydrogen) atoms. The fourth-order valence-electron chi connectivity index (χ4n) is 5.51.